The number of methoxy groups -OCH3 is 1. The summed E-state index contributed by atoms with van der Waals surface area (Å²) in [6, 6.07) is 14.4. The van der Waals surface area contributed by atoms with E-state index in [0.717, 1.165) is 11.3 Å². The van der Waals surface area contributed by atoms with Gasteiger partial charge in [-0.2, -0.15) is 0 Å². The molecule has 30 heavy (non-hydrogen) atoms. The number of aliphatic imine (C=N–C) groups is 1. The fourth-order valence-corrected chi connectivity index (χ4v) is 4.50. The van der Waals surface area contributed by atoms with Crippen molar-refractivity contribution in [3.05, 3.63) is 59.7 Å². The van der Waals surface area contributed by atoms with Crippen LogP contribution in [0.3, 0.4) is 0 Å². The number of nitrogens with zero attached hydrogens (tertiary/aromatic N) is 2. The summed E-state index contributed by atoms with van der Waals surface area (Å²) in [5.74, 6) is 0.917. The topological polar surface area (TPSA) is 100 Å². The number of carbonyl (C=O) groups excluding carboxylic acids is 1. The molecule has 160 valence electrons. The summed E-state index contributed by atoms with van der Waals surface area (Å²) in [4.78, 5) is 18.8. The van der Waals surface area contributed by atoms with E-state index in [1.54, 1.807) is 25.3 Å². The molecule has 2 aromatic carbocycles. The Morgan fingerprint density at radius 2 is 1.87 bits per heavy atom. The first kappa shape index (κ1) is 21.8. The number of fused-ring (bicyclic) bond motifs is 1. The van der Waals surface area contributed by atoms with Gasteiger partial charge in [-0.15, -0.1) is 0 Å². The van der Waals surface area contributed by atoms with Crippen molar-refractivity contribution < 1.29 is 17.9 Å². The molecule has 0 unspecified atom stereocenters. The fraction of sp³-hybridized carbons (Fsp3) is 0.333. The largest absolute Gasteiger partial charge is 0.497 e. The van der Waals surface area contributed by atoms with E-state index in [9.17, 15) is 13.2 Å². The number of sulfonamides is 1. The lowest BCUT2D eigenvalue weighted by Crippen LogP contribution is -2.34. The van der Waals surface area contributed by atoms with E-state index in [0.29, 0.717) is 12.1 Å². The molecular weight excluding hydrogens is 404 g/mol. The number of hydrogen-bond acceptors (Lipinski definition) is 6. The minimum absolute atomic E-state index is 0.0136. The molecule has 1 heterocycles. The molecule has 2 aromatic rings. The van der Waals surface area contributed by atoms with Crippen molar-refractivity contribution >= 4 is 21.8 Å². The summed E-state index contributed by atoms with van der Waals surface area (Å²) in [5.41, 5.74) is 1.60. The van der Waals surface area contributed by atoms with E-state index in [-0.39, 0.29) is 35.6 Å². The van der Waals surface area contributed by atoms with Crippen molar-refractivity contribution in [2.24, 2.45) is 4.99 Å². The second-order valence-corrected chi connectivity index (χ2v) is 8.79. The minimum atomic E-state index is -3.57. The zero-order valence-electron chi connectivity index (χ0n) is 17.3. The smallest absolute Gasteiger partial charge is 0.263 e. The average molecular weight is 431 g/mol. The van der Waals surface area contributed by atoms with E-state index in [1.165, 1.54) is 6.07 Å². The minimum Gasteiger partial charge on any atom is -0.497 e. The van der Waals surface area contributed by atoms with Gasteiger partial charge in [0, 0.05) is 18.5 Å². The summed E-state index contributed by atoms with van der Waals surface area (Å²) in [6.45, 7) is 0.636. The number of benzene rings is 2. The van der Waals surface area contributed by atoms with E-state index in [1.807, 2.05) is 43.3 Å². The normalized spacial score (nSPS) is 16.7. The molecule has 0 bridgehead atoms. The highest BCUT2D eigenvalue weighted by molar-refractivity contribution is 7.90. The molecule has 0 saturated carbocycles. The van der Waals surface area contributed by atoms with E-state index in [2.05, 4.69) is 15.0 Å². The van der Waals surface area contributed by atoms with Crippen LogP contribution in [0, 0.1) is 0 Å². The van der Waals surface area contributed by atoms with Crippen molar-refractivity contribution in [2.45, 2.75) is 17.4 Å². The number of carbonyl (C=O) groups is 1. The highest BCUT2D eigenvalue weighted by atomic mass is 32.2. The van der Waals surface area contributed by atoms with Crippen LogP contribution in [0.1, 0.15) is 23.6 Å². The van der Waals surface area contributed by atoms with E-state index < -0.39 is 10.0 Å². The molecule has 1 aliphatic rings. The van der Waals surface area contributed by atoms with Gasteiger partial charge < -0.3 is 15.0 Å². The summed E-state index contributed by atoms with van der Waals surface area (Å²) in [7, 11) is 1.96. The molecule has 0 spiro atoms. The van der Waals surface area contributed by atoms with Gasteiger partial charge in [0.1, 0.15) is 11.6 Å². The standard InChI is InChI=1S/C21H26N4O4S/c1-25(2)18(15-8-10-16(29-3)11-9-15)14-23-20(26)12-13-22-21-17-6-4-5-7-19(17)30(27,28)24-21/h4-11,18H,12-14H2,1-3H3,(H,22,24)(H,23,26)/t18-/m1/s1. The summed E-state index contributed by atoms with van der Waals surface area (Å²) >= 11 is 0. The number of hydrogen-bond donors (Lipinski definition) is 2. The predicted octanol–water partition coefficient (Wildman–Crippen LogP) is 1.54. The summed E-state index contributed by atoms with van der Waals surface area (Å²) < 4.78 is 31.8. The second-order valence-electron chi connectivity index (χ2n) is 7.14. The molecule has 2 N–H and O–H groups in total. The van der Waals surface area contributed by atoms with Crippen molar-refractivity contribution in [2.75, 3.05) is 34.3 Å². The molecule has 1 atom stereocenters. The second kappa shape index (κ2) is 9.27. The van der Waals surface area contributed by atoms with E-state index >= 15 is 0 Å². The first-order valence-corrected chi connectivity index (χ1v) is 11.0. The monoisotopic (exact) mass is 430 g/mol. The van der Waals surface area contributed by atoms with Crippen LogP contribution < -0.4 is 14.8 Å². The van der Waals surface area contributed by atoms with Gasteiger partial charge in [-0.1, -0.05) is 24.3 Å². The Morgan fingerprint density at radius 1 is 1.17 bits per heavy atom. The summed E-state index contributed by atoms with van der Waals surface area (Å²) in [5, 5.41) is 2.93. The fourth-order valence-electron chi connectivity index (χ4n) is 3.24. The molecule has 0 saturated heterocycles. The van der Waals surface area contributed by atoms with Crippen molar-refractivity contribution in [3.63, 3.8) is 0 Å². The lowest BCUT2D eigenvalue weighted by atomic mass is 10.1. The van der Waals surface area contributed by atoms with Gasteiger partial charge in [-0.25, -0.2) is 8.42 Å². The first-order chi connectivity index (χ1) is 14.3. The molecule has 0 radical (unpaired) electrons. The number of amides is 1. The van der Waals surface area contributed by atoms with Crippen LogP contribution in [0.4, 0.5) is 0 Å². The lowest BCUT2D eigenvalue weighted by Gasteiger charge is -2.25. The predicted molar refractivity (Wildman–Crippen MR) is 115 cm³/mol. The van der Waals surface area contributed by atoms with Gasteiger partial charge in [0.2, 0.25) is 5.91 Å². The third-order valence-electron chi connectivity index (χ3n) is 4.89. The Hall–Kier alpha value is -2.91. The van der Waals surface area contributed by atoms with Crippen molar-refractivity contribution in [3.8, 4) is 5.75 Å². The maximum absolute atomic E-state index is 12.3. The Bertz CT molecular complexity index is 1030. The highest BCUT2D eigenvalue weighted by Gasteiger charge is 2.29. The number of ether oxygens (including phenoxy) is 1. The Balaban J connectivity index is 1.56. The summed E-state index contributed by atoms with van der Waals surface area (Å²) in [6.07, 6.45) is 0.163. The quantitative estimate of drug-likeness (QED) is 0.662. The van der Waals surface area contributed by atoms with Gasteiger partial charge >= 0.3 is 0 Å². The maximum Gasteiger partial charge on any atom is 0.263 e. The van der Waals surface area contributed by atoms with Crippen LogP contribution >= 0.6 is 0 Å². The molecule has 0 aliphatic carbocycles. The SMILES string of the molecule is COc1ccc([C@@H](CNC(=O)CCN=C2NS(=O)(=O)c3ccccc32)N(C)C)cc1. The first-order valence-electron chi connectivity index (χ1n) is 9.55. The van der Waals surface area contributed by atoms with Crippen LogP contribution in [0.25, 0.3) is 0 Å². The lowest BCUT2D eigenvalue weighted by molar-refractivity contribution is -0.121. The zero-order chi connectivity index (χ0) is 21.7. The van der Waals surface area contributed by atoms with Gasteiger partial charge in [-0.3, -0.25) is 14.5 Å². The van der Waals surface area contributed by atoms with Gasteiger partial charge in [0.25, 0.3) is 10.0 Å². The molecule has 0 aromatic heterocycles. The molecule has 8 nitrogen and oxygen atoms in total. The van der Waals surface area contributed by atoms with Crippen molar-refractivity contribution in [1.82, 2.24) is 14.9 Å². The Kier molecular flexibility index (Phi) is 6.73. The third kappa shape index (κ3) is 4.98. The molecule has 9 heteroatoms. The highest BCUT2D eigenvalue weighted by Crippen LogP contribution is 2.22. The van der Waals surface area contributed by atoms with Crippen LogP contribution in [0.5, 0.6) is 5.75 Å². The van der Waals surface area contributed by atoms with Gasteiger partial charge in [0.05, 0.1) is 24.6 Å². The van der Waals surface area contributed by atoms with Crippen LogP contribution in [0.2, 0.25) is 0 Å². The Morgan fingerprint density at radius 3 is 2.53 bits per heavy atom. The average Bonchev–Trinajstić information content (AvgIpc) is 2.99. The zero-order valence-corrected chi connectivity index (χ0v) is 18.1. The number of rotatable bonds is 8. The Labute approximate surface area is 177 Å². The van der Waals surface area contributed by atoms with Crippen LogP contribution in [-0.2, 0) is 14.8 Å². The molecular formula is C21H26N4O4S. The van der Waals surface area contributed by atoms with Gasteiger partial charge in [0.15, 0.2) is 0 Å². The number of likely N-dealkylation sites (N-methyl/N-ethyl adjacent to an activating group) is 1. The van der Waals surface area contributed by atoms with E-state index in [4.69, 9.17) is 4.74 Å². The molecule has 0 fully saturated rings. The molecule has 1 aliphatic heterocycles. The molecule has 3 rings (SSSR count). The molecule has 1 amide bonds. The van der Waals surface area contributed by atoms with Crippen LogP contribution in [-0.4, -0.2) is 59.4 Å². The number of amidine groups is 1. The van der Waals surface area contributed by atoms with Gasteiger partial charge in [-0.05, 0) is 43.9 Å². The number of nitrogens with one attached hydrogen (secondary N) is 2. The maximum atomic E-state index is 12.3. The van der Waals surface area contributed by atoms with Crippen LogP contribution in [0.15, 0.2) is 58.4 Å². The van der Waals surface area contributed by atoms with Crippen molar-refractivity contribution in [1.29, 1.82) is 0 Å². The third-order valence-corrected chi connectivity index (χ3v) is 6.29.